The fourth-order valence-electron chi connectivity index (χ4n) is 2.38. The molecule has 21 heavy (non-hydrogen) atoms. The van der Waals surface area contributed by atoms with E-state index in [9.17, 15) is 0 Å². The first-order chi connectivity index (χ1) is 10.1. The minimum absolute atomic E-state index is 0.438. The van der Waals surface area contributed by atoms with E-state index in [0.717, 1.165) is 34.4 Å². The summed E-state index contributed by atoms with van der Waals surface area (Å²) in [7, 11) is 0. The topological polar surface area (TPSA) is 42.7 Å². The Bertz CT molecular complexity index is 758. The molecule has 1 aromatic carbocycles. The molecule has 4 heteroatoms. The number of aromatic nitrogens is 3. The number of nitrogens with one attached hydrogen (secondary N) is 1. The number of pyridine rings is 1. The SMILES string of the molecule is Cc1cc(-n2ncc3ccccc32)c(CNC(C)C)cn1. The van der Waals surface area contributed by atoms with Gasteiger partial charge in [-0.05, 0) is 19.1 Å². The highest BCUT2D eigenvalue weighted by Gasteiger charge is 2.10. The molecule has 0 atom stereocenters. The molecule has 0 bridgehead atoms. The Labute approximate surface area is 124 Å². The van der Waals surface area contributed by atoms with Crippen LogP contribution in [0.5, 0.6) is 0 Å². The van der Waals surface area contributed by atoms with Crippen molar-refractivity contribution in [2.45, 2.75) is 33.4 Å². The minimum atomic E-state index is 0.438. The van der Waals surface area contributed by atoms with E-state index < -0.39 is 0 Å². The van der Waals surface area contributed by atoms with Gasteiger partial charge >= 0.3 is 0 Å². The van der Waals surface area contributed by atoms with Gasteiger partial charge in [0, 0.05) is 35.4 Å². The molecule has 0 aliphatic carbocycles. The molecule has 1 N–H and O–H groups in total. The van der Waals surface area contributed by atoms with Gasteiger partial charge in [-0.1, -0.05) is 32.0 Å². The lowest BCUT2D eigenvalue weighted by molar-refractivity contribution is 0.585. The van der Waals surface area contributed by atoms with Crippen LogP contribution in [0.25, 0.3) is 16.6 Å². The second kappa shape index (κ2) is 5.66. The third kappa shape index (κ3) is 2.81. The quantitative estimate of drug-likeness (QED) is 0.798. The maximum absolute atomic E-state index is 4.56. The predicted molar refractivity (Wildman–Crippen MR) is 85.6 cm³/mol. The number of aryl methyl sites for hydroxylation is 1. The molecule has 0 amide bonds. The van der Waals surface area contributed by atoms with Crippen LogP contribution >= 0.6 is 0 Å². The lowest BCUT2D eigenvalue weighted by atomic mass is 10.2. The number of nitrogens with zero attached hydrogens (tertiary/aromatic N) is 3. The molecule has 0 saturated heterocycles. The Balaban J connectivity index is 2.10. The lowest BCUT2D eigenvalue weighted by Crippen LogP contribution is -2.23. The summed E-state index contributed by atoms with van der Waals surface area (Å²) < 4.78 is 2.00. The van der Waals surface area contributed by atoms with Crippen molar-refractivity contribution in [2.24, 2.45) is 0 Å². The molecular weight excluding hydrogens is 260 g/mol. The average molecular weight is 280 g/mol. The van der Waals surface area contributed by atoms with Crippen LogP contribution in [0.1, 0.15) is 25.1 Å². The Morgan fingerprint density at radius 3 is 2.81 bits per heavy atom. The molecule has 0 aliphatic rings. The largest absolute Gasteiger partial charge is 0.310 e. The van der Waals surface area contributed by atoms with Gasteiger partial charge in [-0.3, -0.25) is 4.98 Å². The van der Waals surface area contributed by atoms with Crippen LogP contribution in [0.15, 0.2) is 42.7 Å². The fraction of sp³-hybridized carbons (Fsp3) is 0.294. The first-order valence-electron chi connectivity index (χ1n) is 7.27. The summed E-state index contributed by atoms with van der Waals surface area (Å²) >= 11 is 0. The smallest absolute Gasteiger partial charge is 0.0741 e. The van der Waals surface area contributed by atoms with Gasteiger partial charge in [-0.2, -0.15) is 5.10 Å². The molecule has 3 aromatic rings. The first-order valence-corrected chi connectivity index (χ1v) is 7.27. The van der Waals surface area contributed by atoms with E-state index in [-0.39, 0.29) is 0 Å². The molecule has 0 spiro atoms. The van der Waals surface area contributed by atoms with Crippen LogP contribution in [0.3, 0.4) is 0 Å². The zero-order valence-corrected chi connectivity index (χ0v) is 12.7. The highest BCUT2D eigenvalue weighted by molar-refractivity contribution is 5.80. The van der Waals surface area contributed by atoms with Crippen LogP contribution in [0.2, 0.25) is 0 Å². The molecular formula is C17H20N4. The summed E-state index contributed by atoms with van der Waals surface area (Å²) in [6.45, 7) is 7.08. The molecule has 2 aromatic heterocycles. The van der Waals surface area contributed by atoms with Gasteiger partial charge in [0.25, 0.3) is 0 Å². The number of benzene rings is 1. The molecule has 0 radical (unpaired) electrons. The van der Waals surface area contributed by atoms with Crippen LogP contribution in [0.4, 0.5) is 0 Å². The minimum Gasteiger partial charge on any atom is -0.310 e. The van der Waals surface area contributed by atoms with Crippen molar-refractivity contribution in [2.75, 3.05) is 0 Å². The summed E-state index contributed by atoms with van der Waals surface area (Å²) in [4.78, 5) is 4.43. The van der Waals surface area contributed by atoms with Crippen molar-refractivity contribution in [3.63, 3.8) is 0 Å². The van der Waals surface area contributed by atoms with Crippen molar-refractivity contribution in [3.8, 4) is 5.69 Å². The maximum Gasteiger partial charge on any atom is 0.0741 e. The number of fused-ring (bicyclic) bond motifs is 1. The molecule has 3 rings (SSSR count). The average Bonchev–Trinajstić information content (AvgIpc) is 2.89. The molecule has 2 heterocycles. The lowest BCUT2D eigenvalue weighted by Gasteiger charge is -2.13. The number of para-hydroxylation sites is 1. The Kier molecular flexibility index (Phi) is 3.71. The van der Waals surface area contributed by atoms with Gasteiger partial charge in [0.1, 0.15) is 0 Å². The van der Waals surface area contributed by atoms with Crippen LogP contribution < -0.4 is 5.32 Å². The Morgan fingerprint density at radius 1 is 1.19 bits per heavy atom. The third-order valence-corrected chi connectivity index (χ3v) is 3.50. The molecule has 0 aliphatic heterocycles. The summed E-state index contributed by atoms with van der Waals surface area (Å²) in [6.07, 6.45) is 3.85. The zero-order chi connectivity index (χ0) is 14.8. The van der Waals surface area contributed by atoms with Crippen LogP contribution in [-0.2, 0) is 6.54 Å². The zero-order valence-electron chi connectivity index (χ0n) is 12.7. The maximum atomic E-state index is 4.56. The molecule has 0 unspecified atom stereocenters. The highest BCUT2D eigenvalue weighted by atomic mass is 15.3. The van der Waals surface area contributed by atoms with Gasteiger partial charge < -0.3 is 5.32 Å². The second-order valence-corrected chi connectivity index (χ2v) is 5.61. The van der Waals surface area contributed by atoms with Crippen molar-refractivity contribution < 1.29 is 0 Å². The van der Waals surface area contributed by atoms with E-state index in [4.69, 9.17) is 0 Å². The third-order valence-electron chi connectivity index (χ3n) is 3.50. The fourth-order valence-corrected chi connectivity index (χ4v) is 2.38. The monoisotopic (exact) mass is 280 g/mol. The van der Waals surface area contributed by atoms with Crippen molar-refractivity contribution in [1.29, 1.82) is 0 Å². The molecule has 0 saturated carbocycles. The summed E-state index contributed by atoms with van der Waals surface area (Å²) in [5.74, 6) is 0. The summed E-state index contributed by atoms with van der Waals surface area (Å²) in [6, 6.07) is 10.8. The number of hydrogen-bond acceptors (Lipinski definition) is 3. The summed E-state index contributed by atoms with van der Waals surface area (Å²) in [5, 5.41) is 9.15. The molecule has 0 fully saturated rings. The Morgan fingerprint density at radius 2 is 2.00 bits per heavy atom. The van der Waals surface area contributed by atoms with Crippen molar-refractivity contribution in [1.82, 2.24) is 20.1 Å². The first kappa shape index (κ1) is 13.8. The number of hydrogen-bond donors (Lipinski definition) is 1. The van der Waals surface area contributed by atoms with Gasteiger partial charge in [0.2, 0.25) is 0 Å². The number of rotatable bonds is 4. The van der Waals surface area contributed by atoms with E-state index in [0.29, 0.717) is 6.04 Å². The predicted octanol–water partition coefficient (Wildman–Crippen LogP) is 3.23. The van der Waals surface area contributed by atoms with Gasteiger partial charge in [-0.15, -0.1) is 0 Å². The Hall–Kier alpha value is -2.20. The summed E-state index contributed by atoms with van der Waals surface area (Å²) in [5.41, 5.74) is 4.37. The van der Waals surface area contributed by atoms with Gasteiger partial charge in [0.15, 0.2) is 0 Å². The van der Waals surface area contributed by atoms with Crippen LogP contribution in [0, 0.1) is 6.92 Å². The molecule has 108 valence electrons. The van der Waals surface area contributed by atoms with Gasteiger partial charge in [0.05, 0.1) is 17.4 Å². The van der Waals surface area contributed by atoms with E-state index in [1.54, 1.807) is 0 Å². The standard InChI is InChI=1S/C17H20N4/c1-12(2)18-9-15-10-19-13(3)8-17(15)21-16-7-5-4-6-14(16)11-20-21/h4-8,10-12,18H,9H2,1-3H3. The molecule has 4 nitrogen and oxygen atoms in total. The highest BCUT2D eigenvalue weighted by Crippen LogP contribution is 2.21. The second-order valence-electron chi connectivity index (χ2n) is 5.61. The van der Waals surface area contributed by atoms with Crippen molar-refractivity contribution in [3.05, 3.63) is 54.0 Å². The van der Waals surface area contributed by atoms with Gasteiger partial charge in [-0.25, -0.2) is 4.68 Å². The van der Waals surface area contributed by atoms with E-state index in [1.807, 2.05) is 36.1 Å². The van der Waals surface area contributed by atoms with E-state index >= 15 is 0 Å². The normalized spacial score (nSPS) is 11.4. The van der Waals surface area contributed by atoms with E-state index in [2.05, 4.69) is 47.4 Å². The van der Waals surface area contributed by atoms with Crippen LogP contribution in [-0.4, -0.2) is 20.8 Å². The van der Waals surface area contributed by atoms with Crippen molar-refractivity contribution >= 4 is 10.9 Å². The van der Waals surface area contributed by atoms with E-state index in [1.165, 1.54) is 0 Å².